The summed E-state index contributed by atoms with van der Waals surface area (Å²) in [4.78, 5) is 15.2. The lowest BCUT2D eigenvalue weighted by Crippen LogP contribution is -2.58. The van der Waals surface area contributed by atoms with E-state index in [1.807, 2.05) is 32.9 Å². The molecule has 1 amide bonds. The van der Waals surface area contributed by atoms with Crippen molar-refractivity contribution in [2.75, 3.05) is 24.4 Å². The Balaban J connectivity index is 1.67. The van der Waals surface area contributed by atoms with E-state index in [0.717, 1.165) is 18.7 Å². The second-order valence-electron chi connectivity index (χ2n) is 9.16. The number of carbonyl (C=O) groups is 1. The Kier molecular flexibility index (Phi) is 7.27. The first-order chi connectivity index (χ1) is 15.0. The van der Waals surface area contributed by atoms with E-state index >= 15 is 0 Å². The third-order valence-corrected chi connectivity index (χ3v) is 7.05. The van der Waals surface area contributed by atoms with Crippen molar-refractivity contribution < 1.29 is 17.9 Å². The van der Waals surface area contributed by atoms with Crippen LogP contribution < -0.4 is 10.0 Å². The molecular formula is C24H33N3O4S. The van der Waals surface area contributed by atoms with Crippen molar-refractivity contribution in [2.45, 2.75) is 57.3 Å². The lowest BCUT2D eigenvalue weighted by atomic mass is 10.00. The summed E-state index contributed by atoms with van der Waals surface area (Å²) in [5.74, 6) is -0.306. The van der Waals surface area contributed by atoms with Gasteiger partial charge in [0.25, 0.3) is 15.9 Å². The van der Waals surface area contributed by atoms with Gasteiger partial charge in [0.1, 0.15) is 0 Å². The third-order valence-electron chi connectivity index (χ3n) is 5.67. The molecule has 0 unspecified atom stereocenters. The van der Waals surface area contributed by atoms with Gasteiger partial charge >= 0.3 is 0 Å². The summed E-state index contributed by atoms with van der Waals surface area (Å²) < 4.78 is 33.9. The van der Waals surface area contributed by atoms with Crippen LogP contribution in [-0.4, -0.2) is 56.6 Å². The summed E-state index contributed by atoms with van der Waals surface area (Å²) in [6.07, 6.45) is 0.272. The van der Waals surface area contributed by atoms with Gasteiger partial charge in [-0.1, -0.05) is 23.8 Å². The van der Waals surface area contributed by atoms with Crippen LogP contribution in [-0.2, 0) is 14.8 Å². The van der Waals surface area contributed by atoms with Gasteiger partial charge in [0.15, 0.2) is 0 Å². The van der Waals surface area contributed by atoms with Crippen molar-refractivity contribution in [3.63, 3.8) is 0 Å². The normalized spacial score (nSPS) is 20.0. The zero-order chi connectivity index (χ0) is 23.5. The fourth-order valence-electron chi connectivity index (χ4n) is 3.82. The largest absolute Gasteiger partial charge is 0.373 e. The van der Waals surface area contributed by atoms with E-state index in [9.17, 15) is 13.2 Å². The number of morpholine rings is 1. The Morgan fingerprint density at radius 1 is 1.09 bits per heavy atom. The number of aryl methyl sites for hydroxylation is 1. The van der Waals surface area contributed by atoms with E-state index in [-0.39, 0.29) is 28.5 Å². The average Bonchev–Trinajstić information content (AvgIpc) is 2.73. The molecule has 2 aromatic carbocycles. The summed E-state index contributed by atoms with van der Waals surface area (Å²) in [7, 11) is -3.81. The second-order valence-corrected chi connectivity index (χ2v) is 10.8. The van der Waals surface area contributed by atoms with E-state index in [1.54, 1.807) is 24.3 Å². The first kappa shape index (κ1) is 24.2. The van der Waals surface area contributed by atoms with Crippen LogP contribution in [0.1, 0.15) is 43.6 Å². The highest BCUT2D eigenvalue weighted by Crippen LogP contribution is 2.21. The molecule has 2 N–H and O–H groups in total. The molecule has 0 bridgehead atoms. The zero-order valence-electron chi connectivity index (χ0n) is 19.4. The van der Waals surface area contributed by atoms with E-state index in [0.29, 0.717) is 17.8 Å². The molecule has 0 saturated carbocycles. The number of benzene rings is 2. The zero-order valence-corrected chi connectivity index (χ0v) is 20.2. The molecule has 8 heteroatoms. The van der Waals surface area contributed by atoms with Gasteiger partial charge in [0.2, 0.25) is 0 Å². The Labute approximate surface area is 191 Å². The fourth-order valence-corrected chi connectivity index (χ4v) is 4.93. The summed E-state index contributed by atoms with van der Waals surface area (Å²) in [5.41, 5.74) is 1.55. The van der Waals surface area contributed by atoms with Crippen LogP contribution >= 0.6 is 0 Å². The second kappa shape index (κ2) is 9.60. The monoisotopic (exact) mass is 459 g/mol. The number of hydrogen-bond acceptors (Lipinski definition) is 5. The van der Waals surface area contributed by atoms with Gasteiger partial charge in [-0.25, -0.2) is 8.42 Å². The molecule has 0 aliphatic carbocycles. The van der Waals surface area contributed by atoms with Crippen LogP contribution in [0, 0.1) is 6.92 Å². The van der Waals surface area contributed by atoms with Crippen LogP contribution in [0.3, 0.4) is 0 Å². The van der Waals surface area contributed by atoms with Crippen molar-refractivity contribution >= 4 is 21.6 Å². The molecule has 1 saturated heterocycles. The van der Waals surface area contributed by atoms with Crippen molar-refractivity contribution in [2.24, 2.45) is 0 Å². The maximum atomic E-state index is 12.8. The number of ether oxygens (including phenoxy) is 1. The van der Waals surface area contributed by atoms with Crippen LogP contribution in [0.2, 0.25) is 0 Å². The van der Waals surface area contributed by atoms with Crippen molar-refractivity contribution in [3.8, 4) is 0 Å². The summed E-state index contributed by atoms with van der Waals surface area (Å²) in [6, 6.07) is 13.2. The summed E-state index contributed by atoms with van der Waals surface area (Å²) >= 11 is 0. The van der Waals surface area contributed by atoms with Crippen LogP contribution in [0.25, 0.3) is 0 Å². The minimum absolute atomic E-state index is 0.0424. The van der Waals surface area contributed by atoms with E-state index in [2.05, 4.69) is 28.8 Å². The Bertz CT molecular complexity index is 1040. The van der Waals surface area contributed by atoms with Gasteiger partial charge in [-0.2, -0.15) is 0 Å². The number of nitrogens with zero attached hydrogens (tertiary/aromatic N) is 1. The number of carbonyl (C=O) groups excluding carboxylic acids is 1. The van der Waals surface area contributed by atoms with Crippen LogP contribution in [0.15, 0.2) is 53.4 Å². The smallest absolute Gasteiger partial charge is 0.261 e. The van der Waals surface area contributed by atoms with Crippen molar-refractivity contribution in [1.82, 2.24) is 10.2 Å². The standard InChI is InChI=1S/C24H33N3O4S/c1-17-9-11-21(12-10-17)26-32(29,30)22-8-6-7-20(13-22)23(28)25-16-24(4,5)27-14-18(2)31-19(3)15-27/h6-13,18-19,26H,14-16H2,1-5H3,(H,25,28)/t18-,19-/m0/s1. The number of anilines is 1. The average molecular weight is 460 g/mol. The first-order valence-electron chi connectivity index (χ1n) is 10.8. The summed E-state index contributed by atoms with van der Waals surface area (Å²) in [5, 5.41) is 2.96. The topological polar surface area (TPSA) is 87.7 Å². The van der Waals surface area contributed by atoms with Gasteiger partial charge in [-0.15, -0.1) is 0 Å². The van der Waals surface area contributed by atoms with Crippen LogP contribution in [0.5, 0.6) is 0 Å². The molecule has 174 valence electrons. The minimum atomic E-state index is -3.81. The maximum absolute atomic E-state index is 12.8. The molecule has 1 aliphatic heterocycles. The first-order valence-corrected chi connectivity index (χ1v) is 12.3. The van der Waals surface area contributed by atoms with E-state index in [1.165, 1.54) is 12.1 Å². The highest BCUT2D eigenvalue weighted by molar-refractivity contribution is 7.92. The molecular weight excluding hydrogens is 426 g/mol. The maximum Gasteiger partial charge on any atom is 0.261 e. The molecule has 1 heterocycles. The molecule has 1 fully saturated rings. The molecule has 3 rings (SSSR count). The molecule has 0 radical (unpaired) electrons. The molecule has 32 heavy (non-hydrogen) atoms. The predicted octanol–water partition coefficient (Wildman–Crippen LogP) is 3.41. The number of nitrogens with one attached hydrogen (secondary N) is 2. The SMILES string of the molecule is Cc1ccc(NS(=O)(=O)c2cccc(C(=O)NCC(C)(C)N3C[C@H](C)O[C@@H](C)C3)c2)cc1. The molecule has 1 aliphatic rings. The highest BCUT2D eigenvalue weighted by Gasteiger charge is 2.33. The van der Waals surface area contributed by atoms with E-state index < -0.39 is 10.0 Å². The lowest BCUT2D eigenvalue weighted by molar-refractivity contribution is -0.0948. The van der Waals surface area contributed by atoms with Crippen LogP contribution in [0.4, 0.5) is 5.69 Å². The molecule has 2 aromatic rings. The minimum Gasteiger partial charge on any atom is -0.373 e. The van der Waals surface area contributed by atoms with Gasteiger partial charge in [-0.05, 0) is 65.0 Å². The predicted molar refractivity (Wildman–Crippen MR) is 126 cm³/mol. The fraction of sp³-hybridized carbons (Fsp3) is 0.458. The van der Waals surface area contributed by atoms with Gasteiger partial charge in [0, 0.05) is 36.4 Å². The number of sulfonamides is 1. The molecule has 7 nitrogen and oxygen atoms in total. The van der Waals surface area contributed by atoms with Crippen molar-refractivity contribution in [3.05, 3.63) is 59.7 Å². The lowest BCUT2D eigenvalue weighted by Gasteiger charge is -2.45. The Morgan fingerprint density at radius 2 is 1.72 bits per heavy atom. The number of hydrogen-bond donors (Lipinski definition) is 2. The Morgan fingerprint density at radius 3 is 2.34 bits per heavy atom. The molecule has 0 spiro atoms. The molecule has 2 atom stereocenters. The Hall–Kier alpha value is -2.42. The van der Waals surface area contributed by atoms with Gasteiger partial charge < -0.3 is 10.1 Å². The van der Waals surface area contributed by atoms with Crippen molar-refractivity contribution in [1.29, 1.82) is 0 Å². The highest BCUT2D eigenvalue weighted by atomic mass is 32.2. The molecule has 0 aromatic heterocycles. The van der Waals surface area contributed by atoms with Gasteiger partial charge in [0.05, 0.1) is 17.1 Å². The van der Waals surface area contributed by atoms with E-state index in [4.69, 9.17) is 4.74 Å². The number of amides is 1. The third kappa shape index (κ3) is 6.09. The van der Waals surface area contributed by atoms with Gasteiger partial charge in [-0.3, -0.25) is 14.4 Å². The number of rotatable bonds is 7. The summed E-state index contributed by atoms with van der Waals surface area (Å²) in [6.45, 7) is 12.2. The quantitative estimate of drug-likeness (QED) is 0.663.